The molecule has 3 heteroatoms. The fourth-order valence-corrected chi connectivity index (χ4v) is 3.29. The van der Waals surface area contributed by atoms with Crippen LogP contribution < -0.4 is 5.32 Å². The van der Waals surface area contributed by atoms with Crippen molar-refractivity contribution < 1.29 is 0 Å². The van der Waals surface area contributed by atoms with E-state index >= 15 is 0 Å². The number of rotatable bonds is 4. The highest BCUT2D eigenvalue weighted by Gasteiger charge is 2.28. The quantitative estimate of drug-likeness (QED) is 0.886. The Balaban J connectivity index is 2.02. The van der Waals surface area contributed by atoms with Gasteiger partial charge in [0.2, 0.25) is 0 Å². The van der Waals surface area contributed by atoms with E-state index in [4.69, 9.17) is 0 Å². The first-order valence-electron chi connectivity index (χ1n) is 6.69. The Labute approximate surface area is 109 Å². The van der Waals surface area contributed by atoms with E-state index in [1.165, 1.54) is 18.5 Å². The van der Waals surface area contributed by atoms with Gasteiger partial charge in [0, 0.05) is 31.7 Å². The number of piperazine rings is 1. The molecule has 0 bridgehead atoms. The summed E-state index contributed by atoms with van der Waals surface area (Å²) in [5.74, 6) is 0.721. The third-order valence-electron chi connectivity index (χ3n) is 3.77. The Kier molecular flexibility index (Phi) is 4.60. The lowest BCUT2D eigenvalue weighted by Crippen LogP contribution is -2.57. The Hall–Kier alpha value is -0.380. The minimum absolute atomic E-state index is 0.670. The number of nitrogens with zero attached hydrogens (tertiary/aromatic N) is 1. The van der Waals surface area contributed by atoms with E-state index in [9.17, 15) is 0 Å². The van der Waals surface area contributed by atoms with Gasteiger partial charge < -0.3 is 5.32 Å². The summed E-state index contributed by atoms with van der Waals surface area (Å²) < 4.78 is 0. The van der Waals surface area contributed by atoms with Crippen LogP contribution in [0.15, 0.2) is 16.8 Å². The molecule has 17 heavy (non-hydrogen) atoms. The average molecular weight is 252 g/mol. The van der Waals surface area contributed by atoms with Gasteiger partial charge in [-0.05, 0) is 34.7 Å². The van der Waals surface area contributed by atoms with E-state index in [-0.39, 0.29) is 0 Å². The lowest BCUT2D eigenvalue weighted by Gasteiger charge is -2.42. The zero-order valence-electron chi connectivity index (χ0n) is 11.1. The molecule has 0 saturated carbocycles. The van der Waals surface area contributed by atoms with Gasteiger partial charge in [-0.1, -0.05) is 20.8 Å². The van der Waals surface area contributed by atoms with Crippen molar-refractivity contribution in [2.24, 2.45) is 5.92 Å². The maximum absolute atomic E-state index is 3.67. The highest BCUT2D eigenvalue weighted by Crippen LogP contribution is 2.20. The molecular weight excluding hydrogens is 228 g/mol. The van der Waals surface area contributed by atoms with Crippen molar-refractivity contribution in [1.82, 2.24) is 10.2 Å². The number of hydrogen-bond acceptors (Lipinski definition) is 3. The molecule has 96 valence electrons. The number of thiophene rings is 1. The molecule has 2 heterocycles. The van der Waals surface area contributed by atoms with Crippen molar-refractivity contribution in [2.45, 2.75) is 45.8 Å². The summed E-state index contributed by atoms with van der Waals surface area (Å²) in [5, 5.41) is 8.13. The van der Waals surface area contributed by atoms with Gasteiger partial charge in [0.25, 0.3) is 0 Å². The number of nitrogens with one attached hydrogen (secondary N) is 1. The lowest BCUT2D eigenvalue weighted by atomic mass is 9.97. The Morgan fingerprint density at radius 3 is 2.94 bits per heavy atom. The predicted molar refractivity (Wildman–Crippen MR) is 75.4 cm³/mol. The Morgan fingerprint density at radius 2 is 2.35 bits per heavy atom. The van der Waals surface area contributed by atoms with Crippen molar-refractivity contribution in [3.05, 3.63) is 22.4 Å². The van der Waals surface area contributed by atoms with Crippen LogP contribution in [0.2, 0.25) is 0 Å². The van der Waals surface area contributed by atoms with Crippen molar-refractivity contribution in [3.63, 3.8) is 0 Å². The second-order valence-electron chi connectivity index (χ2n) is 5.39. The molecule has 2 unspecified atom stereocenters. The molecular formula is C14H24N2S. The molecule has 0 amide bonds. The molecule has 0 radical (unpaired) electrons. The highest BCUT2D eigenvalue weighted by atomic mass is 32.1. The Bertz CT molecular complexity index is 321. The standard InChI is InChI=1S/C14H24N2S/c1-4-13-9-16(8-12-5-6-17-10-12)14(7-15-13)11(2)3/h5-6,10-11,13-15H,4,7-9H2,1-3H3. The zero-order valence-corrected chi connectivity index (χ0v) is 12.0. The van der Waals surface area contributed by atoms with Crippen LogP contribution >= 0.6 is 11.3 Å². The molecule has 2 nitrogen and oxygen atoms in total. The fraction of sp³-hybridized carbons (Fsp3) is 0.714. The molecule has 1 N–H and O–H groups in total. The molecule has 0 spiro atoms. The van der Waals surface area contributed by atoms with Crippen molar-refractivity contribution in [1.29, 1.82) is 0 Å². The molecule has 1 aliphatic rings. The first-order valence-corrected chi connectivity index (χ1v) is 7.63. The predicted octanol–water partition coefficient (Wildman–Crippen LogP) is 2.96. The van der Waals surface area contributed by atoms with Gasteiger partial charge in [0.05, 0.1) is 0 Å². The number of hydrogen-bond donors (Lipinski definition) is 1. The van der Waals surface area contributed by atoms with Crippen molar-refractivity contribution >= 4 is 11.3 Å². The molecule has 1 fully saturated rings. The first kappa shape index (κ1) is 13.1. The summed E-state index contributed by atoms with van der Waals surface area (Å²) in [4.78, 5) is 2.66. The maximum Gasteiger partial charge on any atom is 0.0247 e. The van der Waals surface area contributed by atoms with Gasteiger partial charge >= 0.3 is 0 Å². The van der Waals surface area contributed by atoms with Crippen LogP contribution in [0, 0.1) is 5.92 Å². The fourth-order valence-electron chi connectivity index (χ4n) is 2.63. The van der Waals surface area contributed by atoms with Crippen molar-refractivity contribution in [3.8, 4) is 0 Å². The second-order valence-corrected chi connectivity index (χ2v) is 6.17. The normalized spacial score (nSPS) is 26.6. The van der Waals surface area contributed by atoms with Gasteiger partial charge in [-0.25, -0.2) is 0 Å². The summed E-state index contributed by atoms with van der Waals surface area (Å²) >= 11 is 1.80. The molecule has 1 aromatic rings. The van der Waals surface area contributed by atoms with Crippen molar-refractivity contribution in [2.75, 3.05) is 13.1 Å². The summed E-state index contributed by atoms with van der Waals surface area (Å²) in [6.07, 6.45) is 1.23. The summed E-state index contributed by atoms with van der Waals surface area (Å²) in [6.45, 7) is 10.4. The Morgan fingerprint density at radius 1 is 1.53 bits per heavy atom. The maximum atomic E-state index is 3.67. The monoisotopic (exact) mass is 252 g/mol. The van der Waals surface area contributed by atoms with Crippen LogP contribution in [0.5, 0.6) is 0 Å². The van der Waals surface area contributed by atoms with E-state index in [1.54, 1.807) is 11.3 Å². The van der Waals surface area contributed by atoms with Gasteiger partial charge in [0.1, 0.15) is 0 Å². The zero-order chi connectivity index (χ0) is 12.3. The van der Waals surface area contributed by atoms with Gasteiger partial charge in [-0.2, -0.15) is 11.3 Å². The topological polar surface area (TPSA) is 15.3 Å². The molecule has 0 aromatic carbocycles. The minimum Gasteiger partial charge on any atom is -0.311 e. The third-order valence-corrected chi connectivity index (χ3v) is 4.50. The molecule has 1 saturated heterocycles. The SMILES string of the molecule is CCC1CN(Cc2ccsc2)C(C(C)C)CN1. The molecule has 0 aliphatic carbocycles. The summed E-state index contributed by atoms with van der Waals surface area (Å²) in [6, 6.07) is 3.60. The van der Waals surface area contributed by atoms with Crippen LogP contribution in [-0.4, -0.2) is 30.1 Å². The van der Waals surface area contributed by atoms with Crippen LogP contribution in [-0.2, 0) is 6.54 Å². The largest absolute Gasteiger partial charge is 0.311 e. The minimum atomic E-state index is 0.670. The lowest BCUT2D eigenvalue weighted by molar-refractivity contribution is 0.0902. The van der Waals surface area contributed by atoms with Gasteiger partial charge in [0.15, 0.2) is 0 Å². The van der Waals surface area contributed by atoms with E-state index < -0.39 is 0 Å². The van der Waals surface area contributed by atoms with Crippen LogP contribution in [0.1, 0.15) is 32.8 Å². The molecule has 1 aromatic heterocycles. The summed E-state index contributed by atoms with van der Waals surface area (Å²) in [5.41, 5.74) is 1.47. The molecule has 2 rings (SSSR count). The first-order chi connectivity index (χ1) is 8.20. The summed E-state index contributed by atoms with van der Waals surface area (Å²) in [7, 11) is 0. The van der Waals surface area contributed by atoms with Crippen LogP contribution in [0.3, 0.4) is 0 Å². The van der Waals surface area contributed by atoms with Crippen LogP contribution in [0.25, 0.3) is 0 Å². The third kappa shape index (κ3) is 3.30. The smallest absolute Gasteiger partial charge is 0.0247 e. The van der Waals surface area contributed by atoms with Crippen LogP contribution in [0.4, 0.5) is 0 Å². The average Bonchev–Trinajstić information content (AvgIpc) is 2.81. The highest BCUT2D eigenvalue weighted by molar-refractivity contribution is 7.07. The van der Waals surface area contributed by atoms with Gasteiger partial charge in [-0.15, -0.1) is 0 Å². The van der Waals surface area contributed by atoms with E-state index in [2.05, 4.69) is 47.8 Å². The van der Waals surface area contributed by atoms with Gasteiger partial charge in [-0.3, -0.25) is 4.90 Å². The molecule has 1 aliphatic heterocycles. The van der Waals surface area contributed by atoms with E-state index in [0.717, 1.165) is 19.0 Å². The molecule has 2 atom stereocenters. The van der Waals surface area contributed by atoms with E-state index in [1.807, 2.05) is 0 Å². The van der Waals surface area contributed by atoms with E-state index in [0.29, 0.717) is 12.1 Å². The second kappa shape index (κ2) is 5.98.